The highest BCUT2D eigenvalue weighted by atomic mass is 35.5. The van der Waals surface area contributed by atoms with E-state index in [2.05, 4.69) is 33.8 Å². The van der Waals surface area contributed by atoms with Crippen LogP contribution < -0.4 is 10.6 Å². The number of nitrogens with one attached hydrogen (secondary N) is 2. The van der Waals surface area contributed by atoms with Crippen LogP contribution in [-0.2, 0) is 13.0 Å². The molecule has 0 amide bonds. The maximum Gasteiger partial charge on any atom is 0.191 e. The van der Waals surface area contributed by atoms with Gasteiger partial charge in [0.2, 0.25) is 0 Å². The summed E-state index contributed by atoms with van der Waals surface area (Å²) in [6, 6.07) is 18.2. The van der Waals surface area contributed by atoms with Crippen molar-refractivity contribution in [3.63, 3.8) is 0 Å². The lowest BCUT2D eigenvalue weighted by Gasteiger charge is -2.12. The standard InChI is InChI=1S/C17H20ClN3/c1-19-17(21-13-15-6-3-2-4-7-15)20-11-10-14-8-5-9-16(18)12-14/h2-9,12H,10-11,13H2,1H3,(H2,19,20,21). The van der Waals surface area contributed by atoms with Crippen molar-refractivity contribution in [3.8, 4) is 0 Å². The maximum atomic E-state index is 5.97. The molecule has 2 aromatic rings. The average molecular weight is 302 g/mol. The van der Waals surface area contributed by atoms with Crippen molar-refractivity contribution in [3.05, 3.63) is 70.7 Å². The highest BCUT2D eigenvalue weighted by Gasteiger charge is 1.99. The smallest absolute Gasteiger partial charge is 0.191 e. The number of aliphatic imine (C=N–C) groups is 1. The summed E-state index contributed by atoms with van der Waals surface area (Å²) < 4.78 is 0. The van der Waals surface area contributed by atoms with Crippen molar-refractivity contribution in [2.45, 2.75) is 13.0 Å². The van der Waals surface area contributed by atoms with Crippen molar-refractivity contribution in [1.29, 1.82) is 0 Å². The van der Waals surface area contributed by atoms with E-state index >= 15 is 0 Å². The average Bonchev–Trinajstić information content (AvgIpc) is 2.52. The Bertz CT molecular complexity index is 582. The molecule has 110 valence electrons. The van der Waals surface area contributed by atoms with Gasteiger partial charge in [0.15, 0.2) is 5.96 Å². The van der Waals surface area contributed by atoms with Crippen molar-refractivity contribution < 1.29 is 0 Å². The normalized spacial score (nSPS) is 11.2. The largest absolute Gasteiger partial charge is 0.356 e. The molecule has 0 saturated heterocycles. The molecule has 0 saturated carbocycles. The highest BCUT2D eigenvalue weighted by molar-refractivity contribution is 6.30. The Labute approximate surface area is 131 Å². The van der Waals surface area contributed by atoms with Crippen molar-refractivity contribution in [2.75, 3.05) is 13.6 Å². The predicted molar refractivity (Wildman–Crippen MR) is 89.8 cm³/mol. The molecular weight excluding hydrogens is 282 g/mol. The first-order valence-electron chi connectivity index (χ1n) is 7.01. The molecule has 0 fully saturated rings. The van der Waals surface area contributed by atoms with E-state index in [0.29, 0.717) is 0 Å². The Hall–Kier alpha value is -2.00. The quantitative estimate of drug-likeness (QED) is 0.657. The molecular formula is C17H20ClN3. The monoisotopic (exact) mass is 301 g/mol. The molecule has 0 bridgehead atoms. The van der Waals surface area contributed by atoms with Gasteiger partial charge in [0.05, 0.1) is 0 Å². The van der Waals surface area contributed by atoms with Gasteiger partial charge in [-0.15, -0.1) is 0 Å². The number of nitrogens with zero attached hydrogens (tertiary/aromatic N) is 1. The number of benzene rings is 2. The van der Waals surface area contributed by atoms with E-state index in [1.54, 1.807) is 7.05 Å². The SMILES string of the molecule is CN=C(NCCc1cccc(Cl)c1)NCc1ccccc1. The number of halogens is 1. The van der Waals surface area contributed by atoms with Gasteiger partial charge in [0.25, 0.3) is 0 Å². The summed E-state index contributed by atoms with van der Waals surface area (Å²) in [5, 5.41) is 7.38. The third-order valence-electron chi connectivity index (χ3n) is 3.12. The molecule has 0 radical (unpaired) electrons. The number of guanidine groups is 1. The molecule has 0 aliphatic carbocycles. The molecule has 0 heterocycles. The lowest BCUT2D eigenvalue weighted by atomic mass is 10.1. The lowest BCUT2D eigenvalue weighted by molar-refractivity contribution is 0.794. The molecule has 0 aromatic heterocycles. The first-order chi connectivity index (χ1) is 10.3. The number of rotatable bonds is 5. The minimum Gasteiger partial charge on any atom is -0.356 e. The molecule has 0 aliphatic heterocycles. The second kappa shape index (κ2) is 8.32. The summed E-state index contributed by atoms with van der Waals surface area (Å²) >= 11 is 5.97. The molecule has 2 N–H and O–H groups in total. The molecule has 0 aliphatic rings. The number of hydrogen-bond acceptors (Lipinski definition) is 1. The van der Waals surface area contributed by atoms with E-state index in [4.69, 9.17) is 11.6 Å². The van der Waals surface area contributed by atoms with Crippen molar-refractivity contribution >= 4 is 17.6 Å². The van der Waals surface area contributed by atoms with Gasteiger partial charge in [-0.2, -0.15) is 0 Å². The van der Waals surface area contributed by atoms with Gasteiger partial charge >= 0.3 is 0 Å². The van der Waals surface area contributed by atoms with E-state index in [9.17, 15) is 0 Å². The summed E-state index contributed by atoms with van der Waals surface area (Å²) in [5.41, 5.74) is 2.45. The molecule has 0 unspecified atom stereocenters. The molecule has 21 heavy (non-hydrogen) atoms. The lowest BCUT2D eigenvalue weighted by Crippen LogP contribution is -2.37. The van der Waals surface area contributed by atoms with E-state index in [-0.39, 0.29) is 0 Å². The zero-order valence-electron chi connectivity index (χ0n) is 12.1. The first-order valence-corrected chi connectivity index (χ1v) is 7.38. The van der Waals surface area contributed by atoms with E-state index in [0.717, 1.165) is 30.5 Å². The Morgan fingerprint density at radius 3 is 2.48 bits per heavy atom. The van der Waals surface area contributed by atoms with Gasteiger partial charge in [-0.1, -0.05) is 54.1 Å². The van der Waals surface area contributed by atoms with Crippen LogP contribution >= 0.6 is 11.6 Å². The van der Waals surface area contributed by atoms with Crippen molar-refractivity contribution in [2.24, 2.45) is 4.99 Å². The van der Waals surface area contributed by atoms with Crippen LogP contribution in [-0.4, -0.2) is 19.6 Å². The van der Waals surface area contributed by atoms with Crippen LogP contribution in [0.1, 0.15) is 11.1 Å². The Morgan fingerprint density at radius 1 is 1.00 bits per heavy atom. The predicted octanol–water partition coefficient (Wildman–Crippen LogP) is 3.25. The van der Waals surface area contributed by atoms with Gasteiger partial charge in [0, 0.05) is 25.2 Å². The second-order valence-corrected chi connectivity index (χ2v) is 5.15. The zero-order valence-corrected chi connectivity index (χ0v) is 12.9. The van der Waals surface area contributed by atoms with Crippen LogP contribution in [0, 0.1) is 0 Å². The third-order valence-corrected chi connectivity index (χ3v) is 3.36. The van der Waals surface area contributed by atoms with Crippen LogP contribution in [0.3, 0.4) is 0 Å². The van der Waals surface area contributed by atoms with Gasteiger partial charge in [0.1, 0.15) is 0 Å². The summed E-state index contributed by atoms with van der Waals surface area (Å²) in [5.74, 6) is 0.806. The third kappa shape index (κ3) is 5.48. The maximum absolute atomic E-state index is 5.97. The molecule has 0 atom stereocenters. The second-order valence-electron chi connectivity index (χ2n) is 4.72. The van der Waals surface area contributed by atoms with E-state index < -0.39 is 0 Å². The van der Waals surface area contributed by atoms with Crippen LogP contribution in [0.25, 0.3) is 0 Å². The molecule has 0 spiro atoms. The Kier molecular flexibility index (Phi) is 6.10. The summed E-state index contributed by atoms with van der Waals surface area (Å²) in [6.07, 6.45) is 0.909. The minimum atomic E-state index is 0.762. The van der Waals surface area contributed by atoms with Gasteiger partial charge in [-0.3, -0.25) is 4.99 Å². The van der Waals surface area contributed by atoms with Crippen LogP contribution in [0.15, 0.2) is 59.6 Å². The first kappa shape index (κ1) is 15.4. The fraction of sp³-hybridized carbons (Fsp3) is 0.235. The Morgan fingerprint density at radius 2 is 1.76 bits per heavy atom. The van der Waals surface area contributed by atoms with E-state index in [1.165, 1.54) is 11.1 Å². The zero-order chi connectivity index (χ0) is 14.9. The van der Waals surface area contributed by atoms with Crippen LogP contribution in [0.2, 0.25) is 5.02 Å². The fourth-order valence-electron chi connectivity index (χ4n) is 2.02. The summed E-state index contributed by atoms with van der Waals surface area (Å²) in [7, 11) is 1.78. The Balaban J connectivity index is 1.75. The number of hydrogen-bond donors (Lipinski definition) is 2. The van der Waals surface area contributed by atoms with E-state index in [1.807, 2.05) is 36.4 Å². The molecule has 2 aromatic carbocycles. The summed E-state index contributed by atoms with van der Waals surface area (Å²) in [6.45, 7) is 1.58. The molecule has 2 rings (SSSR count). The minimum absolute atomic E-state index is 0.762. The van der Waals surface area contributed by atoms with Gasteiger partial charge in [-0.05, 0) is 29.7 Å². The fourth-order valence-corrected chi connectivity index (χ4v) is 2.23. The topological polar surface area (TPSA) is 36.4 Å². The van der Waals surface area contributed by atoms with Crippen molar-refractivity contribution in [1.82, 2.24) is 10.6 Å². The van der Waals surface area contributed by atoms with Gasteiger partial charge in [-0.25, -0.2) is 0 Å². The highest BCUT2D eigenvalue weighted by Crippen LogP contribution is 2.10. The molecule has 3 nitrogen and oxygen atoms in total. The summed E-state index contributed by atoms with van der Waals surface area (Å²) in [4.78, 5) is 4.22. The van der Waals surface area contributed by atoms with Crippen LogP contribution in [0.4, 0.5) is 0 Å². The van der Waals surface area contributed by atoms with Gasteiger partial charge < -0.3 is 10.6 Å². The molecule has 4 heteroatoms. The van der Waals surface area contributed by atoms with Crippen LogP contribution in [0.5, 0.6) is 0 Å².